The van der Waals surface area contributed by atoms with E-state index in [1.165, 1.54) is 37.1 Å². The standard InChI is InChI=1S/C17H23N3O3S/c1-23-9-8-20-11-16(14-4-5-14)17(12-20)19-24(21,22)15-6-2-13(10-18)3-7-15/h2-3,6-7,14,16-17,19H,4-5,8-9,11-12H2,1H3/t16-,17+/m1/s1. The summed E-state index contributed by atoms with van der Waals surface area (Å²) >= 11 is 0. The lowest BCUT2D eigenvalue weighted by Crippen LogP contribution is -2.41. The monoisotopic (exact) mass is 349 g/mol. The third-order valence-electron chi connectivity index (χ3n) is 4.88. The Bertz CT molecular complexity index is 708. The largest absolute Gasteiger partial charge is 0.383 e. The van der Waals surface area contributed by atoms with E-state index in [-0.39, 0.29) is 10.9 Å². The van der Waals surface area contributed by atoms with Crippen molar-refractivity contribution in [3.8, 4) is 6.07 Å². The van der Waals surface area contributed by atoms with Gasteiger partial charge in [-0.05, 0) is 48.9 Å². The maximum atomic E-state index is 12.7. The second-order valence-electron chi connectivity index (χ2n) is 6.62. The summed E-state index contributed by atoms with van der Waals surface area (Å²) in [6, 6.07) is 7.99. The first-order valence-electron chi connectivity index (χ1n) is 8.27. The van der Waals surface area contributed by atoms with Crippen LogP contribution in [0, 0.1) is 23.2 Å². The fraction of sp³-hybridized carbons (Fsp3) is 0.588. The van der Waals surface area contributed by atoms with Crippen LogP contribution in [0.1, 0.15) is 18.4 Å². The fourth-order valence-corrected chi connectivity index (χ4v) is 4.70. The van der Waals surface area contributed by atoms with Crippen molar-refractivity contribution in [3.05, 3.63) is 29.8 Å². The average molecular weight is 349 g/mol. The molecule has 3 rings (SSSR count). The fourth-order valence-electron chi connectivity index (χ4n) is 3.42. The summed E-state index contributed by atoms with van der Waals surface area (Å²) in [4.78, 5) is 2.49. The molecule has 1 N–H and O–H groups in total. The van der Waals surface area contributed by atoms with E-state index < -0.39 is 10.0 Å². The predicted molar refractivity (Wildman–Crippen MR) is 89.8 cm³/mol. The van der Waals surface area contributed by atoms with E-state index in [0.717, 1.165) is 19.6 Å². The van der Waals surface area contributed by atoms with Gasteiger partial charge in [0.15, 0.2) is 0 Å². The first-order valence-corrected chi connectivity index (χ1v) is 9.75. The Morgan fingerprint density at radius 2 is 2.00 bits per heavy atom. The Hall–Kier alpha value is -1.46. The number of benzene rings is 1. The minimum atomic E-state index is -3.57. The molecule has 0 radical (unpaired) electrons. The minimum Gasteiger partial charge on any atom is -0.383 e. The van der Waals surface area contributed by atoms with Crippen LogP contribution in [-0.4, -0.2) is 52.7 Å². The highest BCUT2D eigenvalue weighted by atomic mass is 32.2. The van der Waals surface area contributed by atoms with Gasteiger partial charge >= 0.3 is 0 Å². The zero-order chi connectivity index (χ0) is 17.2. The number of rotatable bonds is 7. The number of nitriles is 1. The highest BCUT2D eigenvalue weighted by Gasteiger charge is 2.43. The van der Waals surface area contributed by atoms with Crippen LogP contribution in [0.5, 0.6) is 0 Å². The van der Waals surface area contributed by atoms with E-state index >= 15 is 0 Å². The van der Waals surface area contributed by atoms with Crippen molar-refractivity contribution in [1.29, 1.82) is 5.26 Å². The number of methoxy groups -OCH3 is 1. The van der Waals surface area contributed by atoms with E-state index in [9.17, 15) is 8.42 Å². The highest BCUT2D eigenvalue weighted by molar-refractivity contribution is 7.89. The molecule has 1 saturated carbocycles. The first-order chi connectivity index (χ1) is 11.5. The van der Waals surface area contributed by atoms with Gasteiger partial charge in [0.1, 0.15) is 0 Å². The summed E-state index contributed by atoms with van der Waals surface area (Å²) < 4.78 is 33.3. The average Bonchev–Trinajstić information content (AvgIpc) is 3.35. The van der Waals surface area contributed by atoms with Crippen LogP contribution in [-0.2, 0) is 14.8 Å². The molecule has 1 aliphatic carbocycles. The van der Waals surface area contributed by atoms with Crippen molar-refractivity contribution in [2.24, 2.45) is 11.8 Å². The van der Waals surface area contributed by atoms with Gasteiger partial charge in [0.05, 0.1) is 23.1 Å². The quantitative estimate of drug-likeness (QED) is 0.800. The summed E-state index contributed by atoms with van der Waals surface area (Å²) in [7, 11) is -1.89. The SMILES string of the molecule is COCCN1C[C@H](NS(=O)(=O)c2ccc(C#N)cc2)[C@@H](C2CC2)C1. The summed E-state index contributed by atoms with van der Waals surface area (Å²) in [5.74, 6) is 1.00. The van der Waals surface area contributed by atoms with Gasteiger partial charge in [-0.1, -0.05) is 0 Å². The van der Waals surface area contributed by atoms with Crippen molar-refractivity contribution in [1.82, 2.24) is 9.62 Å². The molecule has 7 heteroatoms. The normalized spacial score (nSPS) is 24.8. The smallest absolute Gasteiger partial charge is 0.240 e. The third kappa shape index (κ3) is 3.95. The van der Waals surface area contributed by atoms with E-state index in [2.05, 4.69) is 9.62 Å². The lowest BCUT2D eigenvalue weighted by atomic mass is 9.99. The van der Waals surface area contributed by atoms with Crippen molar-refractivity contribution in [2.75, 3.05) is 33.4 Å². The highest BCUT2D eigenvalue weighted by Crippen LogP contribution is 2.41. The summed E-state index contributed by atoms with van der Waals surface area (Å²) in [5, 5.41) is 8.83. The van der Waals surface area contributed by atoms with Crippen molar-refractivity contribution in [2.45, 2.75) is 23.8 Å². The van der Waals surface area contributed by atoms with Crippen molar-refractivity contribution >= 4 is 10.0 Å². The zero-order valence-corrected chi connectivity index (χ0v) is 14.6. The maximum Gasteiger partial charge on any atom is 0.240 e. The van der Waals surface area contributed by atoms with E-state index in [1.807, 2.05) is 6.07 Å². The Morgan fingerprint density at radius 1 is 1.29 bits per heavy atom. The van der Waals surface area contributed by atoms with Crippen LogP contribution in [0.25, 0.3) is 0 Å². The van der Waals surface area contributed by atoms with Gasteiger partial charge in [-0.2, -0.15) is 5.26 Å². The Kier molecular flexibility index (Phi) is 5.21. The molecule has 6 nitrogen and oxygen atoms in total. The van der Waals surface area contributed by atoms with Crippen LogP contribution in [0.15, 0.2) is 29.2 Å². The predicted octanol–water partition coefficient (Wildman–Crippen LogP) is 1.19. The second kappa shape index (κ2) is 7.19. The van der Waals surface area contributed by atoms with E-state index in [0.29, 0.717) is 24.0 Å². The van der Waals surface area contributed by atoms with Crippen LogP contribution in [0.4, 0.5) is 0 Å². The van der Waals surface area contributed by atoms with Crippen molar-refractivity contribution < 1.29 is 13.2 Å². The molecule has 0 bridgehead atoms. The molecule has 130 valence electrons. The minimum absolute atomic E-state index is 0.0602. The van der Waals surface area contributed by atoms with Crippen molar-refractivity contribution in [3.63, 3.8) is 0 Å². The molecule has 1 aromatic rings. The number of likely N-dealkylation sites (tertiary alicyclic amines) is 1. The Labute approximate surface area is 143 Å². The number of nitrogens with zero attached hydrogens (tertiary/aromatic N) is 2. The van der Waals surface area contributed by atoms with Gasteiger partial charge < -0.3 is 4.74 Å². The topological polar surface area (TPSA) is 82.4 Å². The number of hydrogen-bond acceptors (Lipinski definition) is 5. The Balaban J connectivity index is 1.71. The Morgan fingerprint density at radius 3 is 2.58 bits per heavy atom. The molecule has 2 fully saturated rings. The zero-order valence-electron chi connectivity index (χ0n) is 13.8. The molecule has 24 heavy (non-hydrogen) atoms. The number of hydrogen-bond donors (Lipinski definition) is 1. The molecule has 1 heterocycles. The van der Waals surface area contributed by atoms with Gasteiger partial charge in [0.2, 0.25) is 10.0 Å². The molecule has 0 amide bonds. The summed E-state index contributed by atoms with van der Waals surface area (Å²) in [5.41, 5.74) is 0.455. The lowest BCUT2D eigenvalue weighted by molar-refractivity contribution is 0.158. The lowest BCUT2D eigenvalue weighted by Gasteiger charge is -2.19. The van der Waals surface area contributed by atoms with Crippen LogP contribution in [0.3, 0.4) is 0 Å². The molecule has 0 spiro atoms. The van der Waals surface area contributed by atoms with Gasteiger partial charge in [-0.15, -0.1) is 0 Å². The van der Waals surface area contributed by atoms with E-state index in [4.69, 9.17) is 10.00 Å². The number of sulfonamides is 1. The molecule has 0 aromatic heterocycles. The van der Waals surface area contributed by atoms with Crippen LogP contribution >= 0.6 is 0 Å². The molecule has 1 aromatic carbocycles. The van der Waals surface area contributed by atoms with Gasteiger partial charge in [0.25, 0.3) is 0 Å². The van der Waals surface area contributed by atoms with Gasteiger partial charge in [0, 0.05) is 32.8 Å². The second-order valence-corrected chi connectivity index (χ2v) is 8.33. The van der Waals surface area contributed by atoms with Gasteiger partial charge in [-0.25, -0.2) is 13.1 Å². The number of nitrogens with one attached hydrogen (secondary N) is 1. The molecular formula is C17H23N3O3S. The first kappa shape index (κ1) is 17.4. The molecular weight excluding hydrogens is 326 g/mol. The van der Waals surface area contributed by atoms with Crippen LogP contribution < -0.4 is 4.72 Å². The van der Waals surface area contributed by atoms with Crippen LogP contribution in [0.2, 0.25) is 0 Å². The molecule has 1 aliphatic heterocycles. The summed E-state index contributed by atoms with van der Waals surface area (Å²) in [6.45, 7) is 3.13. The maximum absolute atomic E-state index is 12.7. The number of ether oxygens (including phenoxy) is 1. The van der Waals surface area contributed by atoms with Gasteiger partial charge in [-0.3, -0.25) is 4.90 Å². The summed E-state index contributed by atoms with van der Waals surface area (Å²) in [6.07, 6.45) is 2.38. The van der Waals surface area contributed by atoms with E-state index in [1.54, 1.807) is 7.11 Å². The third-order valence-corrected chi connectivity index (χ3v) is 6.39. The molecule has 1 saturated heterocycles. The molecule has 2 aliphatic rings. The molecule has 2 atom stereocenters. The molecule has 0 unspecified atom stereocenters.